The predicted molar refractivity (Wildman–Crippen MR) is 70.5 cm³/mol. The summed E-state index contributed by atoms with van der Waals surface area (Å²) in [7, 11) is 0. The van der Waals surface area contributed by atoms with Crippen molar-refractivity contribution in [2.75, 3.05) is 5.32 Å². The third-order valence-electron chi connectivity index (χ3n) is 3.53. The van der Waals surface area contributed by atoms with Crippen LogP contribution in [-0.4, -0.2) is 22.1 Å². The fourth-order valence-electron chi connectivity index (χ4n) is 2.37. The predicted octanol–water partition coefficient (Wildman–Crippen LogP) is 2.07. The van der Waals surface area contributed by atoms with E-state index in [0.29, 0.717) is 12.1 Å². The number of nitrogens with one attached hydrogen (secondary N) is 1. The Morgan fingerprint density at radius 1 is 1.12 bits per heavy atom. The summed E-state index contributed by atoms with van der Waals surface area (Å²) in [6, 6.07) is 0.810. The van der Waals surface area contributed by atoms with E-state index in [1.165, 1.54) is 18.4 Å². The average molecular weight is 255 g/mol. The summed E-state index contributed by atoms with van der Waals surface area (Å²) in [6.07, 6.45) is 9.80. The van der Waals surface area contributed by atoms with Crippen LogP contribution in [0.1, 0.15) is 43.6 Å². The van der Waals surface area contributed by atoms with E-state index in [9.17, 15) is 0 Å². The smallest absolute Gasteiger partial charge is 0.222 e. The molecule has 0 aromatic carbocycles. The van der Waals surface area contributed by atoms with Crippen LogP contribution in [0.15, 0.2) is 12.4 Å². The van der Waals surface area contributed by atoms with Gasteiger partial charge >= 0.3 is 0 Å². The van der Waals surface area contributed by atoms with E-state index in [1.54, 1.807) is 0 Å². The largest absolute Gasteiger partial charge is 0.351 e. The number of halogens is 1. The third kappa shape index (κ3) is 3.07. The molecule has 0 spiro atoms. The molecular weight excluding hydrogens is 236 g/mol. The lowest BCUT2D eigenvalue weighted by atomic mass is 10.2. The van der Waals surface area contributed by atoms with Gasteiger partial charge in [-0.2, -0.15) is 0 Å². The van der Waals surface area contributed by atoms with Crippen molar-refractivity contribution in [2.45, 2.75) is 50.1 Å². The second-order valence-electron chi connectivity index (χ2n) is 5.03. The molecule has 2 aliphatic rings. The highest BCUT2D eigenvalue weighted by Crippen LogP contribution is 2.39. The molecule has 0 radical (unpaired) electrons. The van der Waals surface area contributed by atoms with Gasteiger partial charge in [0, 0.05) is 24.5 Å². The number of nitrogens with two attached hydrogens (primary N) is 1. The standard InChI is InChI=1S/C12H18N4.ClH/c13-10-3-4-11(5-10)16-12-14-6-9(7-15-12)8-1-2-8;/h6-8,10-11H,1-5,13H2,(H,14,15,16);1H/t10?,11-;/m0./s1. The van der Waals surface area contributed by atoms with Crippen molar-refractivity contribution >= 4 is 18.4 Å². The van der Waals surface area contributed by atoms with Crippen molar-refractivity contribution in [3.05, 3.63) is 18.0 Å². The molecule has 1 unspecified atom stereocenters. The molecule has 0 aliphatic heterocycles. The van der Waals surface area contributed by atoms with Gasteiger partial charge < -0.3 is 11.1 Å². The molecule has 1 aromatic rings. The first-order valence-electron chi connectivity index (χ1n) is 6.15. The molecule has 2 fully saturated rings. The second-order valence-corrected chi connectivity index (χ2v) is 5.03. The molecule has 4 nitrogen and oxygen atoms in total. The minimum absolute atomic E-state index is 0. The quantitative estimate of drug-likeness (QED) is 0.867. The molecule has 2 saturated carbocycles. The van der Waals surface area contributed by atoms with Crippen LogP contribution in [0.25, 0.3) is 0 Å². The van der Waals surface area contributed by atoms with Gasteiger partial charge in [0.15, 0.2) is 0 Å². The van der Waals surface area contributed by atoms with Crippen molar-refractivity contribution in [3.8, 4) is 0 Å². The first-order chi connectivity index (χ1) is 7.81. The van der Waals surface area contributed by atoms with Crippen LogP contribution in [-0.2, 0) is 0 Å². The Bertz CT molecular complexity index is 363. The second kappa shape index (κ2) is 5.19. The van der Waals surface area contributed by atoms with Crippen LogP contribution in [0.3, 0.4) is 0 Å². The van der Waals surface area contributed by atoms with Crippen molar-refractivity contribution in [2.24, 2.45) is 5.73 Å². The zero-order valence-corrected chi connectivity index (χ0v) is 10.6. The Labute approximate surface area is 108 Å². The first kappa shape index (κ1) is 12.6. The van der Waals surface area contributed by atoms with Gasteiger partial charge in [-0.05, 0) is 43.6 Å². The number of nitrogens with zero attached hydrogens (tertiary/aromatic N) is 2. The van der Waals surface area contributed by atoms with E-state index < -0.39 is 0 Å². The van der Waals surface area contributed by atoms with Crippen LogP contribution in [0, 0.1) is 0 Å². The summed E-state index contributed by atoms with van der Waals surface area (Å²) >= 11 is 0. The topological polar surface area (TPSA) is 63.8 Å². The lowest BCUT2D eigenvalue weighted by molar-refractivity contribution is 0.685. The minimum atomic E-state index is 0. The van der Waals surface area contributed by atoms with E-state index in [0.717, 1.165) is 31.1 Å². The number of rotatable bonds is 3. The number of hydrogen-bond acceptors (Lipinski definition) is 4. The molecule has 0 saturated heterocycles. The zero-order valence-electron chi connectivity index (χ0n) is 9.80. The Kier molecular flexibility index (Phi) is 3.84. The first-order valence-corrected chi connectivity index (χ1v) is 6.15. The van der Waals surface area contributed by atoms with Gasteiger partial charge in [-0.25, -0.2) is 9.97 Å². The SMILES string of the molecule is Cl.NC1CC[C@H](Nc2ncc(C3CC3)cn2)C1. The monoisotopic (exact) mass is 254 g/mol. The van der Waals surface area contributed by atoms with E-state index in [4.69, 9.17) is 5.73 Å². The summed E-state index contributed by atoms with van der Waals surface area (Å²) in [4.78, 5) is 8.73. The highest BCUT2D eigenvalue weighted by Gasteiger charge is 2.25. The van der Waals surface area contributed by atoms with Gasteiger partial charge in [-0.15, -0.1) is 12.4 Å². The van der Waals surface area contributed by atoms with E-state index in [1.807, 2.05) is 12.4 Å². The Balaban J connectivity index is 0.00000108. The fraction of sp³-hybridized carbons (Fsp3) is 0.667. The maximum absolute atomic E-state index is 5.87. The summed E-state index contributed by atoms with van der Waals surface area (Å²) in [5.74, 6) is 1.48. The van der Waals surface area contributed by atoms with E-state index in [2.05, 4.69) is 15.3 Å². The van der Waals surface area contributed by atoms with Gasteiger partial charge in [-0.1, -0.05) is 0 Å². The lowest BCUT2D eigenvalue weighted by Crippen LogP contribution is -2.21. The van der Waals surface area contributed by atoms with Crippen molar-refractivity contribution < 1.29 is 0 Å². The molecule has 17 heavy (non-hydrogen) atoms. The number of aromatic nitrogens is 2. The van der Waals surface area contributed by atoms with Crippen LogP contribution in [0.4, 0.5) is 5.95 Å². The van der Waals surface area contributed by atoms with Gasteiger partial charge in [-0.3, -0.25) is 0 Å². The van der Waals surface area contributed by atoms with E-state index >= 15 is 0 Å². The minimum Gasteiger partial charge on any atom is -0.351 e. The molecule has 3 N–H and O–H groups in total. The van der Waals surface area contributed by atoms with Crippen LogP contribution in [0.5, 0.6) is 0 Å². The number of hydrogen-bond donors (Lipinski definition) is 2. The highest BCUT2D eigenvalue weighted by atomic mass is 35.5. The van der Waals surface area contributed by atoms with Gasteiger partial charge in [0.2, 0.25) is 5.95 Å². The van der Waals surface area contributed by atoms with Crippen LogP contribution < -0.4 is 11.1 Å². The molecule has 2 aliphatic carbocycles. The van der Waals surface area contributed by atoms with Crippen LogP contribution >= 0.6 is 12.4 Å². The highest BCUT2D eigenvalue weighted by molar-refractivity contribution is 5.85. The molecule has 3 rings (SSSR count). The lowest BCUT2D eigenvalue weighted by Gasteiger charge is -2.11. The Hall–Kier alpha value is -0.870. The molecule has 94 valence electrons. The van der Waals surface area contributed by atoms with E-state index in [-0.39, 0.29) is 12.4 Å². The molecule has 0 amide bonds. The molecule has 2 atom stereocenters. The summed E-state index contributed by atoms with van der Waals surface area (Å²) in [5.41, 5.74) is 7.16. The summed E-state index contributed by atoms with van der Waals surface area (Å²) in [5, 5.41) is 3.36. The normalized spacial score (nSPS) is 27.6. The van der Waals surface area contributed by atoms with Crippen molar-refractivity contribution in [1.82, 2.24) is 9.97 Å². The third-order valence-corrected chi connectivity index (χ3v) is 3.53. The molecule has 1 heterocycles. The fourth-order valence-corrected chi connectivity index (χ4v) is 2.37. The zero-order chi connectivity index (χ0) is 11.0. The van der Waals surface area contributed by atoms with Crippen molar-refractivity contribution in [3.63, 3.8) is 0 Å². The van der Waals surface area contributed by atoms with Gasteiger partial charge in [0.05, 0.1) is 0 Å². The van der Waals surface area contributed by atoms with Gasteiger partial charge in [0.1, 0.15) is 0 Å². The Morgan fingerprint density at radius 2 is 1.82 bits per heavy atom. The summed E-state index contributed by atoms with van der Waals surface area (Å²) in [6.45, 7) is 0. The molecule has 1 aromatic heterocycles. The maximum Gasteiger partial charge on any atom is 0.222 e. The van der Waals surface area contributed by atoms with Gasteiger partial charge in [0.25, 0.3) is 0 Å². The van der Waals surface area contributed by atoms with Crippen molar-refractivity contribution in [1.29, 1.82) is 0 Å². The molecule has 0 bridgehead atoms. The molecule has 5 heteroatoms. The van der Waals surface area contributed by atoms with Crippen LogP contribution in [0.2, 0.25) is 0 Å². The average Bonchev–Trinajstić information content (AvgIpc) is 3.05. The Morgan fingerprint density at radius 3 is 2.35 bits per heavy atom. The molecular formula is C12H19ClN4. The number of anilines is 1. The maximum atomic E-state index is 5.87. The summed E-state index contributed by atoms with van der Waals surface area (Å²) < 4.78 is 0.